The molecule has 0 saturated carbocycles. The fourth-order valence-electron chi connectivity index (χ4n) is 3.18. The molecule has 1 amide bonds. The molecule has 2 N–H and O–H groups in total. The van der Waals surface area contributed by atoms with Crippen LogP contribution in [0.25, 0.3) is 0 Å². The average Bonchev–Trinajstić information content (AvgIpc) is 2.54. The molecule has 0 radical (unpaired) electrons. The molecule has 0 aliphatic carbocycles. The number of aliphatic carboxylic acids is 1. The van der Waals surface area contributed by atoms with Gasteiger partial charge in [0.15, 0.2) is 0 Å². The SMILES string of the molecule is Cc1ccc(S(=O)(=O)N2CCCC[C@@H]2C)cc1C(=O)N[C@@H](C)CC(=O)O. The van der Waals surface area contributed by atoms with Gasteiger partial charge in [0.1, 0.15) is 0 Å². The third kappa shape index (κ3) is 4.62. The van der Waals surface area contributed by atoms with Crippen LogP contribution in [0.4, 0.5) is 0 Å². The van der Waals surface area contributed by atoms with Crippen LogP contribution >= 0.6 is 0 Å². The summed E-state index contributed by atoms with van der Waals surface area (Å²) < 4.78 is 27.4. The first-order chi connectivity index (χ1) is 12.1. The number of piperidine rings is 1. The smallest absolute Gasteiger partial charge is 0.305 e. The summed E-state index contributed by atoms with van der Waals surface area (Å²) in [7, 11) is -3.67. The maximum absolute atomic E-state index is 13.0. The normalized spacial score (nSPS) is 19.7. The molecule has 2 atom stereocenters. The predicted molar refractivity (Wildman–Crippen MR) is 97.6 cm³/mol. The van der Waals surface area contributed by atoms with Gasteiger partial charge in [-0.15, -0.1) is 0 Å². The number of amides is 1. The number of benzene rings is 1. The summed E-state index contributed by atoms with van der Waals surface area (Å²) in [5.41, 5.74) is 0.878. The van der Waals surface area contributed by atoms with Crippen molar-refractivity contribution in [2.45, 2.75) is 63.4 Å². The highest BCUT2D eigenvalue weighted by Gasteiger charge is 2.31. The number of rotatable bonds is 6. The van der Waals surface area contributed by atoms with E-state index in [0.29, 0.717) is 12.1 Å². The van der Waals surface area contributed by atoms with Crippen molar-refractivity contribution in [3.63, 3.8) is 0 Å². The van der Waals surface area contributed by atoms with Crippen molar-refractivity contribution >= 4 is 21.9 Å². The predicted octanol–water partition coefficient (Wildman–Crippen LogP) is 2.15. The summed E-state index contributed by atoms with van der Waals surface area (Å²) in [5.74, 6) is -1.48. The van der Waals surface area contributed by atoms with E-state index in [1.54, 1.807) is 19.9 Å². The molecule has 1 aromatic carbocycles. The minimum absolute atomic E-state index is 0.0667. The summed E-state index contributed by atoms with van der Waals surface area (Å²) in [6, 6.07) is 3.89. The summed E-state index contributed by atoms with van der Waals surface area (Å²) >= 11 is 0. The van der Waals surface area contributed by atoms with Crippen molar-refractivity contribution in [3.8, 4) is 0 Å². The molecule has 1 fully saturated rings. The second-order valence-corrected chi connectivity index (χ2v) is 8.80. The lowest BCUT2D eigenvalue weighted by Crippen LogP contribution is -2.42. The van der Waals surface area contributed by atoms with Gasteiger partial charge >= 0.3 is 5.97 Å². The van der Waals surface area contributed by atoms with E-state index in [2.05, 4.69) is 5.32 Å². The third-order valence-corrected chi connectivity index (χ3v) is 6.67. The van der Waals surface area contributed by atoms with E-state index in [9.17, 15) is 18.0 Å². The molecule has 8 heteroatoms. The van der Waals surface area contributed by atoms with Gasteiger partial charge in [0.2, 0.25) is 10.0 Å². The van der Waals surface area contributed by atoms with Gasteiger partial charge in [-0.3, -0.25) is 9.59 Å². The Morgan fingerprint density at radius 3 is 2.65 bits per heavy atom. The van der Waals surface area contributed by atoms with E-state index >= 15 is 0 Å². The third-order valence-electron chi connectivity index (χ3n) is 4.66. The lowest BCUT2D eigenvalue weighted by Gasteiger charge is -2.32. The Kier molecular flexibility index (Phi) is 6.41. The van der Waals surface area contributed by atoms with Crippen molar-refractivity contribution in [2.24, 2.45) is 0 Å². The summed E-state index contributed by atoms with van der Waals surface area (Å²) in [6.45, 7) is 5.69. The number of hydrogen-bond acceptors (Lipinski definition) is 4. The summed E-state index contributed by atoms with van der Waals surface area (Å²) in [6.07, 6.45) is 2.46. The highest BCUT2D eigenvalue weighted by atomic mass is 32.2. The molecule has 1 heterocycles. The Bertz CT molecular complexity index is 791. The minimum atomic E-state index is -3.67. The van der Waals surface area contributed by atoms with Crippen LogP contribution in [0, 0.1) is 6.92 Å². The zero-order valence-corrected chi connectivity index (χ0v) is 16.2. The van der Waals surface area contributed by atoms with Gasteiger partial charge in [-0.25, -0.2) is 8.42 Å². The van der Waals surface area contributed by atoms with Gasteiger partial charge in [0.05, 0.1) is 11.3 Å². The Labute approximate surface area is 154 Å². The fourth-order valence-corrected chi connectivity index (χ4v) is 4.91. The van der Waals surface area contributed by atoms with Crippen LogP contribution in [0.15, 0.2) is 23.1 Å². The second kappa shape index (κ2) is 8.18. The molecule has 1 saturated heterocycles. The number of nitrogens with one attached hydrogen (secondary N) is 1. The maximum Gasteiger partial charge on any atom is 0.305 e. The second-order valence-electron chi connectivity index (χ2n) is 6.91. The van der Waals surface area contributed by atoms with Crippen LogP contribution in [0.5, 0.6) is 0 Å². The Morgan fingerprint density at radius 1 is 1.35 bits per heavy atom. The van der Waals surface area contributed by atoms with E-state index in [-0.39, 0.29) is 22.9 Å². The molecule has 26 heavy (non-hydrogen) atoms. The highest BCUT2D eigenvalue weighted by molar-refractivity contribution is 7.89. The van der Waals surface area contributed by atoms with E-state index in [1.165, 1.54) is 16.4 Å². The molecule has 2 rings (SSSR count). The molecule has 1 aliphatic rings. The number of sulfonamides is 1. The average molecular weight is 382 g/mol. The molecular weight excluding hydrogens is 356 g/mol. The highest BCUT2D eigenvalue weighted by Crippen LogP contribution is 2.26. The van der Waals surface area contributed by atoms with Crippen LogP contribution in [0.3, 0.4) is 0 Å². The van der Waals surface area contributed by atoms with Crippen LogP contribution in [0.2, 0.25) is 0 Å². The molecule has 1 aliphatic heterocycles. The standard InChI is InChI=1S/C18H26N2O5S/c1-12-7-8-15(26(24,25)20-9-5-4-6-14(20)3)11-16(12)18(23)19-13(2)10-17(21)22/h7-8,11,13-14H,4-6,9-10H2,1-3H3,(H,19,23)(H,21,22)/t13-,14-/m0/s1. The van der Waals surface area contributed by atoms with Crippen LogP contribution < -0.4 is 5.32 Å². The van der Waals surface area contributed by atoms with Gasteiger partial charge < -0.3 is 10.4 Å². The number of nitrogens with zero attached hydrogens (tertiary/aromatic N) is 1. The Morgan fingerprint density at radius 2 is 2.04 bits per heavy atom. The van der Waals surface area contributed by atoms with Gasteiger partial charge in [-0.05, 0) is 51.3 Å². The zero-order valence-electron chi connectivity index (χ0n) is 15.4. The van der Waals surface area contributed by atoms with E-state index in [4.69, 9.17) is 5.11 Å². The number of carbonyl (C=O) groups is 2. The Hall–Kier alpha value is -1.93. The first-order valence-electron chi connectivity index (χ1n) is 8.78. The van der Waals surface area contributed by atoms with Gasteiger partial charge in [-0.1, -0.05) is 12.5 Å². The number of aryl methyl sites for hydroxylation is 1. The van der Waals surface area contributed by atoms with Gasteiger partial charge in [0, 0.05) is 24.2 Å². The van der Waals surface area contributed by atoms with Crippen LogP contribution in [-0.2, 0) is 14.8 Å². The van der Waals surface area contributed by atoms with Crippen molar-refractivity contribution in [1.29, 1.82) is 0 Å². The summed E-state index contributed by atoms with van der Waals surface area (Å²) in [5, 5.41) is 11.4. The topological polar surface area (TPSA) is 104 Å². The molecule has 0 unspecified atom stereocenters. The van der Waals surface area contributed by atoms with Crippen molar-refractivity contribution in [1.82, 2.24) is 9.62 Å². The van der Waals surface area contributed by atoms with E-state index in [0.717, 1.165) is 19.3 Å². The first-order valence-corrected chi connectivity index (χ1v) is 10.2. The number of carbonyl (C=O) groups excluding carboxylic acids is 1. The van der Waals surface area contributed by atoms with E-state index in [1.807, 2.05) is 6.92 Å². The quantitative estimate of drug-likeness (QED) is 0.784. The van der Waals surface area contributed by atoms with Crippen molar-refractivity contribution in [3.05, 3.63) is 29.3 Å². The lowest BCUT2D eigenvalue weighted by atomic mass is 10.1. The van der Waals surface area contributed by atoms with Gasteiger partial charge in [-0.2, -0.15) is 4.31 Å². The fraction of sp³-hybridized carbons (Fsp3) is 0.556. The minimum Gasteiger partial charge on any atom is -0.481 e. The number of carboxylic acids is 1. The lowest BCUT2D eigenvalue weighted by molar-refractivity contribution is -0.137. The van der Waals surface area contributed by atoms with Crippen molar-refractivity contribution in [2.75, 3.05) is 6.54 Å². The van der Waals surface area contributed by atoms with Crippen LogP contribution in [0.1, 0.15) is 55.5 Å². The Balaban J connectivity index is 2.28. The molecule has 0 aromatic heterocycles. The monoisotopic (exact) mass is 382 g/mol. The van der Waals surface area contributed by atoms with Crippen LogP contribution in [-0.4, -0.2) is 48.3 Å². The van der Waals surface area contributed by atoms with Gasteiger partial charge in [0.25, 0.3) is 5.91 Å². The van der Waals surface area contributed by atoms with Crippen molar-refractivity contribution < 1.29 is 23.1 Å². The zero-order chi connectivity index (χ0) is 19.5. The first kappa shape index (κ1) is 20.4. The summed E-state index contributed by atoms with van der Waals surface area (Å²) in [4.78, 5) is 23.3. The maximum atomic E-state index is 13.0. The number of hydrogen-bond donors (Lipinski definition) is 2. The molecule has 1 aromatic rings. The van der Waals surface area contributed by atoms with E-state index < -0.39 is 27.9 Å². The molecule has 7 nitrogen and oxygen atoms in total. The molecule has 144 valence electrons. The molecule has 0 bridgehead atoms. The molecule has 0 spiro atoms. The number of carboxylic acid groups (broad SMARTS) is 1. The largest absolute Gasteiger partial charge is 0.481 e. The molecular formula is C18H26N2O5S.